The first-order valence-corrected chi connectivity index (χ1v) is 13.0. The minimum absolute atomic E-state index is 0.244. The van der Waals surface area contributed by atoms with Crippen molar-refractivity contribution in [2.45, 2.75) is 52.6 Å². The molecule has 1 unspecified atom stereocenters. The maximum atomic E-state index is 12.7. The summed E-state index contributed by atoms with van der Waals surface area (Å²) in [6.45, 7) is 9.05. The van der Waals surface area contributed by atoms with Gasteiger partial charge in [0.05, 0.1) is 29.5 Å². The lowest BCUT2D eigenvalue weighted by Gasteiger charge is -2.34. The van der Waals surface area contributed by atoms with Crippen LogP contribution in [0.3, 0.4) is 0 Å². The monoisotopic (exact) mass is 508 g/mol. The van der Waals surface area contributed by atoms with E-state index in [4.69, 9.17) is 9.72 Å². The summed E-state index contributed by atoms with van der Waals surface area (Å²) < 4.78 is 13.8. The zero-order chi connectivity index (χ0) is 25.4. The molecule has 4 aromatic rings. The molecule has 190 valence electrons. The third-order valence-corrected chi connectivity index (χ3v) is 6.88. The van der Waals surface area contributed by atoms with Gasteiger partial charge in [-0.1, -0.05) is 0 Å². The average molecular weight is 509 g/mol. The van der Waals surface area contributed by atoms with E-state index in [1.165, 1.54) is 11.5 Å². The molecule has 4 aromatic heterocycles. The van der Waals surface area contributed by atoms with Gasteiger partial charge in [-0.3, -0.25) is 9.08 Å². The van der Waals surface area contributed by atoms with Gasteiger partial charge in [0.1, 0.15) is 10.6 Å². The number of fused-ring (bicyclic) bond motifs is 1. The molecule has 0 spiro atoms. The molecule has 1 fully saturated rings. The third-order valence-electron chi connectivity index (χ3n) is 6.08. The topological polar surface area (TPSA) is 102 Å². The number of piperidine rings is 1. The minimum Gasteiger partial charge on any atom is -0.444 e. The molecular weight excluding hydrogens is 476 g/mol. The van der Waals surface area contributed by atoms with Crippen LogP contribution in [0.15, 0.2) is 30.9 Å². The molecule has 11 heteroatoms. The number of nitrogens with one attached hydrogen (secondary N) is 1. The van der Waals surface area contributed by atoms with Gasteiger partial charge in [0.25, 0.3) is 0 Å². The number of carbonyl (C=O) groups is 1. The molecule has 1 aliphatic rings. The van der Waals surface area contributed by atoms with E-state index in [2.05, 4.69) is 30.4 Å². The standard InChI is InChI=1S/C25H32N8O2S/c1-16-9-21(36-30-16)29-22-23-26-12-20(18-11-27-31(5)14-18)33(23)15-19(28-22)10-17-7-6-8-32(13-17)24(34)35-25(2,3)4/h9,11-12,14-15,17H,6-8,10,13H2,1-5H3,(H,28,29). The molecule has 1 saturated heterocycles. The molecule has 1 atom stereocenters. The highest BCUT2D eigenvalue weighted by molar-refractivity contribution is 7.10. The molecule has 0 aliphatic carbocycles. The van der Waals surface area contributed by atoms with E-state index in [9.17, 15) is 4.79 Å². The first-order valence-electron chi connectivity index (χ1n) is 12.2. The number of aryl methyl sites for hydroxylation is 2. The van der Waals surface area contributed by atoms with Crippen molar-refractivity contribution in [3.05, 3.63) is 42.2 Å². The predicted octanol–water partition coefficient (Wildman–Crippen LogP) is 4.83. The second kappa shape index (κ2) is 9.53. The van der Waals surface area contributed by atoms with Gasteiger partial charge in [0.2, 0.25) is 0 Å². The van der Waals surface area contributed by atoms with E-state index >= 15 is 0 Å². The van der Waals surface area contributed by atoms with Crippen LogP contribution in [0.4, 0.5) is 15.6 Å². The Morgan fingerprint density at radius 3 is 2.81 bits per heavy atom. The molecule has 0 saturated carbocycles. The van der Waals surface area contributed by atoms with Crippen LogP contribution in [0.5, 0.6) is 0 Å². The van der Waals surface area contributed by atoms with E-state index in [0.29, 0.717) is 18.3 Å². The van der Waals surface area contributed by atoms with Crippen LogP contribution in [0.2, 0.25) is 0 Å². The highest BCUT2D eigenvalue weighted by Gasteiger charge is 2.28. The summed E-state index contributed by atoms with van der Waals surface area (Å²) in [5.74, 6) is 0.978. The molecule has 10 nitrogen and oxygen atoms in total. The first kappa shape index (κ1) is 24.2. The normalized spacial score (nSPS) is 16.5. The Morgan fingerprint density at radius 1 is 1.28 bits per heavy atom. The Kier molecular flexibility index (Phi) is 6.42. The van der Waals surface area contributed by atoms with Crippen LogP contribution in [-0.2, 0) is 18.2 Å². The number of hydrogen-bond donors (Lipinski definition) is 1. The maximum Gasteiger partial charge on any atom is 0.410 e. The number of nitrogens with zero attached hydrogens (tertiary/aromatic N) is 7. The fourth-order valence-electron chi connectivity index (χ4n) is 4.55. The van der Waals surface area contributed by atoms with Crippen molar-refractivity contribution in [1.29, 1.82) is 0 Å². The van der Waals surface area contributed by atoms with Crippen LogP contribution in [0, 0.1) is 12.8 Å². The van der Waals surface area contributed by atoms with Crippen molar-refractivity contribution in [1.82, 2.24) is 33.4 Å². The number of anilines is 2. The maximum absolute atomic E-state index is 12.7. The quantitative estimate of drug-likeness (QED) is 0.412. The number of ether oxygens (including phenoxy) is 1. The lowest BCUT2D eigenvalue weighted by molar-refractivity contribution is 0.0165. The van der Waals surface area contributed by atoms with Crippen LogP contribution >= 0.6 is 11.5 Å². The highest BCUT2D eigenvalue weighted by atomic mass is 32.1. The smallest absolute Gasteiger partial charge is 0.410 e. The Bertz CT molecular complexity index is 1380. The minimum atomic E-state index is -0.504. The average Bonchev–Trinajstić information content (AvgIpc) is 3.53. The van der Waals surface area contributed by atoms with Crippen molar-refractivity contribution in [3.63, 3.8) is 0 Å². The predicted molar refractivity (Wildman–Crippen MR) is 140 cm³/mol. The number of imidazole rings is 1. The summed E-state index contributed by atoms with van der Waals surface area (Å²) in [7, 11) is 1.90. The second-order valence-corrected chi connectivity index (χ2v) is 11.2. The zero-order valence-corrected chi connectivity index (χ0v) is 22.2. The summed E-state index contributed by atoms with van der Waals surface area (Å²) >= 11 is 1.40. The SMILES string of the molecule is Cc1cc(Nc2nc(CC3CCCN(C(=O)OC(C)(C)C)C3)cn3c(-c4cnn(C)c4)cnc23)sn1. The summed E-state index contributed by atoms with van der Waals surface area (Å²) in [5.41, 5.74) is 4.06. The summed E-state index contributed by atoms with van der Waals surface area (Å²) in [5, 5.41) is 8.67. The Balaban J connectivity index is 1.45. The van der Waals surface area contributed by atoms with Gasteiger partial charge in [0, 0.05) is 38.1 Å². The highest BCUT2D eigenvalue weighted by Crippen LogP contribution is 2.29. The fraction of sp³-hybridized carbons (Fsp3) is 0.480. The number of likely N-dealkylation sites (tertiary alicyclic amines) is 1. The van der Waals surface area contributed by atoms with E-state index in [-0.39, 0.29) is 6.09 Å². The van der Waals surface area contributed by atoms with Crippen molar-refractivity contribution < 1.29 is 9.53 Å². The van der Waals surface area contributed by atoms with E-state index in [1.54, 1.807) is 4.68 Å². The Labute approximate surface area is 214 Å². The van der Waals surface area contributed by atoms with Gasteiger partial charge < -0.3 is 15.0 Å². The summed E-state index contributed by atoms with van der Waals surface area (Å²) in [6.07, 6.45) is 10.2. The Morgan fingerprint density at radius 2 is 2.11 bits per heavy atom. The molecule has 1 N–H and O–H groups in total. The van der Waals surface area contributed by atoms with Gasteiger partial charge >= 0.3 is 6.09 Å². The summed E-state index contributed by atoms with van der Waals surface area (Å²) in [6, 6.07) is 2.00. The molecule has 36 heavy (non-hydrogen) atoms. The third kappa shape index (κ3) is 5.35. The van der Waals surface area contributed by atoms with Gasteiger partial charge in [-0.05, 0) is 70.5 Å². The lowest BCUT2D eigenvalue weighted by atomic mass is 9.93. The number of aromatic nitrogens is 6. The number of amides is 1. The first-order chi connectivity index (χ1) is 17.1. The van der Waals surface area contributed by atoms with Crippen molar-refractivity contribution in [3.8, 4) is 11.3 Å². The zero-order valence-electron chi connectivity index (χ0n) is 21.4. The molecule has 1 aliphatic heterocycles. The molecule has 1 amide bonds. The van der Waals surface area contributed by atoms with E-state index < -0.39 is 5.60 Å². The molecule has 0 radical (unpaired) electrons. The largest absolute Gasteiger partial charge is 0.444 e. The van der Waals surface area contributed by atoms with Crippen LogP contribution < -0.4 is 5.32 Å². The summed E-state index contributed by atoms with van der Waals surface area (Å²) in [4.78, 5) is 24.1. The van der Waals surface area contributed by atoms with Crippen LogP contribution in [-0.4, -0.2) is 58.2 Å². The van der Waals surface area contributed by atoms with E-state index in [0.717, 1.165) is 59.1 Å². The van der Waals surface area contributed by atoms with Crippen molar-refractivity contribution in [2.75, 3.05) is 18.4 Å². The van der Waals surface area contributed by atoms with Crippen molar-refractivity contribution in [2.24, 2.45) is 13.0 Å². The van der Waals surface area contributed by atoms with Gasteiger partial charge in [-0.25, -0.2) is 14.8 Å². The molecule has 5 heterocycles. The van der Waals surface area contributed by atoms with Crippen molar-refractivity contribution >= 4 is 34.1 Å². The van der Waals surface area contributed by atoms with Crippen LogP contribution in [0.25, 0.3) is 16.9 Å². The Hall–Kier alpha value is -3.47. The molecule has 5 rings (SSSR count). The fourth-order valence-corrected chi connectivity index (χ4v) is 5.21. The lowest BCUT2D eigenvalue weighted by Crippen LogP contribution is -2.43. The number of rotatable bonds is 5. The molecular formula is C25H32N8O2S. The molecule has 0 bridgehead atoms. The molecule has 0 aromatic carbocycles. The van der Waals surface area contributed by atoms with Gasteiger partial charge in [-0.2, -0.15) is 9.47 Å². The number of carbonyl (C=O) groups excluding carboxylic acids is 1. The van der Waals surface area contributed by atoms with E-state index in [1.807, 2.05) is 64.3 Å². The van der Waals surface area contributed by atoms with Gasteiger partial charge in [-0.15, -0.1) is 0 Å². The second-order valence-electron chi connectivity index (χ2n) is 10.4. The van der Waals surface area contributed by atoms with Gasteiger partial charge in [0.15, 0.2) is 11.5 Å². The number of hydrogen-bond acceptors (Lipinski definition) is 8. The van der Waals surface area contributed by atoms with Crippen LogP contribution in [0.1, 0.15) is 45.0 Å².